The molecule has 0 spiro atoms. The number of ether oxygens (including phenoxy) is 2. The zero-order valence-electron chi connectivity index (χ0n) is 17.2. The van der Waals surface area contributed by atoms with Gasteiger partial charge in [0.15, 0.2) is 11.5 Å². The maximum atomic E-state index is 12.9. The number of carbonyl (C=O) groups excluding carboxylic acids is 1. The largest absolute Gasteiger partial charge is 0.490 e. The summed E-state index contributed by atoms with van der Waals surface area (Å²) in [6.45, 7) is 2.72. The second kappa shape index (κ2) is 9.98. The van der Waals surface area contributed by atoms with E-state index >= 15 is 0 Å². The molecule has 0 aliphatic carbocycles. The van der Waals surface area contributed by atoms with Gasteiger partial charge in [0.1, 0.15) is 6.61 Å². The Morgan fingerprint density at radius 2 is 1.83 bits per heavy atom. The highest BCUT2D eigenvalue weighted by atomic mass is 35.5. The fraction of sp³-hybridized carbons (Fsp3) is 0.217. The van der Waals surface area contributed by atoms with Gasteiger partial charge >= 0.3 is 0 Å². The molecule has 0 aliphatic rings. The number of hydrogen-bond acceptors (Lipinski definition) is 5. The zero-order chi connectivity index (χ0) is 21.5. The molecule has 0 unspecified atom stereocenters. The second-order valence-electron chi connectivity index (χ2n) is 6.72. The van der Waals surface area contributed by atoms with Crippen LogP contribution < -0.4 is 19.7 Å². The van der Waals surface area contributed by atoms with E-state index in [0.29, 0.717) is 41.0 Å². The van der Waals surface area contributed by atoms with Crippen LogP contribution >= 0.6 is 11.6 Å². The summed E-state index contributed by atoms with van der Waals surface area (Å²) in [6, 6.07) is 14.3. The maximum Gasteiger partial charge on any atom is 0.255 e. The van der Waals surface area contributed by atoms with Gasteiger partial charge in [-0.3, -0.25) is 9.78 Å². The summed E-state index contributed by atoms with van der Waals surface area (Å²) in [5.74, 6) is 0.821. The van der Waals surface area contributed by atoms with Crippen LogP contribution in [0.25, 0.3) is 0 Å². The molecule has 3 rings (SSSR count). The third-order valence-corrected chi connectivity index (χ3v) is 4.64. The smallest absolute Gasteiger partial charge is 0.255 e. The fourth-order valence-electron chi connectivity index (χ4n) is 2.94. The van der Waals surface area contributed by atoms with E-state index in [4.69, 9.17) is 21.1 Å². The number of amides is 1. The van der Waals surface area contributed by atoms with E-state index in [2.05, 4.69) is 10.3 Å². The molecule has 6 nitrogen and oxygen atoms in total. The summed E-state index contributed by atoms with van der Waals surface area (Å²) in [7, 11) is 3.75. The van der Waals surface area contributed by atoms with E-state index in [1.807, 2.05) is 44.1 Å². The summed E-state index contributed by atoms with van der Waals surface area (Å²) in [4.78, 5) is 18.7. The summed E-state index contributed by atoms with van der Waals surface area (Å²) < 4.78 is 11.6. The number of nitrogens with zero attached hydrogens (tertiary/aromatic N) is 2. The van der Waals surface area contributed by atoms with Gasteiger partial charge in [-0.1, -0.05) is 17.7 Å². The minimum atomic E-state index is -0.262. The lowest BCUT2D eigenvalue weighted by Crippen LogP contribution is -2.17. The van der Waals surface area contributed by atoms with Crippen LogP contribution in [0.4, 0.5) is 11.4 Å². The number of benzene rings is 2. The van der Waals surface area contributed by atoms with Gasteiger partial charge < -0.3 is 19.7 Å². The van der Waals surface area contributed by atoms with Crippen LogP contribution in [0.5, 0.6) is 11.5 Å². The lowest BCUT2D eigenvalue weighted by atomic mass is 10.1. The molecular formula is C23H24ClN3O3. The lowest BCUT2D eigenvalue weighted by Gasteiger charge is -2.19. The molecule has 1 aromatic heterocycles. The monoisotopic (exact) mass is 425 g/mol. The van der Waals surface area contributed by atoms with Crippen molar-refractivity contribution in [3.8, 4) is 11.5 Å². The first-order chi connectivity index (χ1) is 14.5. The van der Waals surface area contributed by atoms with Crippen molar-refractivity contribution in [2.24, 2.45) is 0 Å². The normalized spacial score (nSPS) is 10.4. The minimum Gasteiger partial charge on any atom is -0.490 e. The molecule has 0 bridgehead atoms. The average Bonchev–Trinajstić information content (AvgIpc) is 2.73. The Morgan fingerprint density at radius 1 is 1.07 bits per heavy atom. The summed E-state index contributed by atoms with van der Waals surface area (Å²) in [5.41, 5.74) is 2.83. The van der Waals surface area contributed by atoms with Crippen molar-refractivity contribution < 1.29 is 14.3 Å². The Morgan fingerprint density at radius 3 is 2.53 bits per heavy atom. The number of aromatic nitrogens is 1. The molecule has 0 saturated heterocycles. The molecule has 1 amide bonds. The molecule has 0 fully saturated rings. The van der Waals surface area contributed by atoms with Crippen LogP contribution in [-0.2, 0) is 6.61 Å². The van der Waals surface area contributed by atoms with Crippen LogP contribution in [0.1, 0.15) is 22.8 Å². The van der Waals surface area contributed by atoms with Gasteiger partial charge in [0.25, 0.3) is 5.91 Å². The average molecular weight is 426 g/mol. The molecule has 0 saturated carbocycles. The lowest BCUT2D eigenvalue weighted by molar-refractivity contribution is 0.102. The van der Waals surface area contributed by atoms with Gasteiger partial charge in [-0.15, -0.1) is 0 Å². The van der Waals surface area contributed by atoms with Gasteiger partial charge in [0.2, 0.25) is 0 Å². The summed E-state index contributed by atoms with van der Waals surface area (Å²) in [5, 5.41) is 3.49. The van der Waals surface area contributed by atoms with E-state index in [-0.39, 0.29) is 5.91 Å². The van der Waals surface area contributed by atoms with E-state index in [1.54, 1.807) is 42.7 Å². The quantitative estimate of drug-likeness (QED) is 0.548. The van der Waals surface area contributed by atoms with Crippen molar-refractivity contribution in [2.45, 2.75) is 13.5 Å². The minimum absolute atomic E-state index is 0.262. The first-order valence-corrected chi connectivity index (χ1v) is 9.93. The molecule has 3 aromatic rings. The third-order valence-electron chi connectivity index (χ3n) is 4.33. The Balaban J connectivity index is 1.80. The Kier molecular flexibility index (Phi) is 7.14. The number of rotatable bonds is 8. The first-order valence-electron chi connectivity index (χ1n) is 9.55. The first kappa shape index (κ1) is 21.5. The van der Waals surface area contributed by atoms with Crippen LogP contribution in [0.15, 0.2) is 60.9 Å². The molecule has 1 N–H and O–H groups in total. The van der Waals surface area contributed by atoms with Gasteiger partial charge in [-0.2, -0.15) is 0 Å². The number of halogens is 1. The Labute approximate surface area is 181 Å². The zero-order valence-corrected chi connectivity index (χ0v) is 17.9. The number of anilines is 2. The van der Waals surface area contributed by atoms with E-state index in [9.17, 15) is 4.79 Å². The maximum absolute atomic E-state index is 12.9. The van der Waals surface area contributed by atoms with E-state index in [1.165, 1.54) is 0 Å². The van der Waals surface area contributed by atoms with Gasteiger partial charge in [-0.05, 0) is 55.0 Å². The van der Waals surface area contributed by atoms with Crippen LogP contribution in [0.2, 0.25) is 5.02 Å². The highest BCUT2D eigenvalue weighted by Gasteiger charge is 2.15. The fourth-order valence-corrected chi connectivity index (χ4v) is 3.29. The molecule has 0 aliphatic heterocycles. The van der Waals surface area contributed by atoms with Gasteiger partial charge in [-0.25, -0.2) is 0 Å². The van der Waals surface area contributed by atoms with Gasteiger partial charge in [0.05, 0.1) is 23.0 Å². The van der Waals surface area contributed by atoms with Crippen molar-refractivity contribution in [1.29, 1.82) is 0 Å². The Bertz CT molecular complexity index is 1010. The standard InChI is InChI=1S/C23H24ClN3O3/c1-4-29-21-14-17(8-9-20(21)30-15-16-10-12-25-13-11-16)23(28)26-19-7-5-6-18(24)22(19)27(2)3/h5-14H,4,15H2,1-3H3,(H,26,28). The van der Waals surface area contributed by atoms with Crippen molar-refractivity contribution >= 4 is 28.9 Å². The highest BCUT2D eigenvalue weighted by molar-refractivity contribution is 6.34. The molecule has 2 aromatic carbocycles. The molecule has 30 heavy (non-hydrogen) atoms. The van der Waals surface area contributed by atoms with Crippen LogP contribution in [0, 0.1) is 0 Å². The number of nitrogens with one attached hydrogen (secondary N) is 1. The highest BCUT2D eigenvalue weighted by Crippen LogP contribution is 2.34. The Hall–Kier alpha value is -3.25. The summed E-state index contributed by atoms with van der Waals surface area (Å²) in [6.07, 6.45) is 3.43. The van der Waals surface area contributed by atoms with Crippen molar-refractivity contribution in [3.05, 3.63) is 77.1 Å². The molecule has 1 heterocycles. The van der Waals surface area contributed by atoms with Crippen LogP contribution in [-0.4, -0.2) is 31.6 Å². The van der Waals surface area contributed by atoms with Crippen LogP contribution in [0.3, 0.4) is 0 Å². The van der Waals surface area contributed by atoms with Crippen molar-refractivity contribution in [3.63, 3.8) is 0 Å². The van der Waals surface area contributed by atoms with E-state index < -0.39 is 0 Å². The topological polar surface area (TPSA) is 63.7 Å². The molecular weight excluding hydrogens is 402 g/mol. The van der Waals surface area contributed by atoms with Crippen molar-refractivity contribution in [1.82, 2.24) is 4.98 Å². The molecule has 156 valence electrons. The molecule has 0 atom stereocenters. The predicted octanol–water partition coefficient (Wildman–Crippen LogP) is 5.03. The van der Waals surface area contributed by atoms with E-state index in [0.717, 1.165) is 11.3 Å². The number of carbonyl (C=O) groups is 1. The van der Waals surface area contributed by atoms with Gasteiger partial charge in [0, 0.05) is 32.1 Å². The SMILES string of the molecule is CCOc1cc(C(=O)Nc2cccc(Cl)c2N(C)C)ccc1OCc1ccncc1. The molecule has 7 heteroatoms. The summed E-state index contributed by atoms with van der Waals surface area (Å²) >= 11 is 6.29. The number of pyridine rings is 1. The predicted molar refractivity (Wildman–Crippen MR) is 120 cm³/mol. The van der Waals surface area contributed by atoms with Crippen molar-refractivity contribution in [2.75, 3.05) is 30.9 Å². The number of hydrogen-bond donors (Lipinski definition) is 1. The second-order valence-corrected chi connectivity index (χ2v) is 7.13. The number of para-hydroxylation sites is 1. The third kappa shape index (κ3) is 5.21. The molecule has 0 radical (unpaired) electrons.